The number of esters is 3. The van der Waals surface area contributed by atoms with Crippen LogP contribution in [0, 0.1) is 5.92 Å². The molecule has 0 amide bonds. The van der Waals surface area contributed by atoms with Crippen molar-refractivity contribution in [2.45, 2.75) is 284 Å². The summed E-state index contributed by atoms with van der Waals surface area (Å²) in [4.78, 5) is 37.8. The van der Waals surface area contributed by atoms with Gasteiger partial charge in [-0.15, -0.1) is 0 Å². The van der Waals surface area contributed by atoms with Gasteiger partial charge in [0.1, 0.15) is 13.2 Å². The van der Waals surface area contributed by atoms with E-state index in [9.17, 15) is 14.4 Å². The zero-order chi connectivity index (χ0) is 41.0. The van der Waals surface area contributed by atoms with Crippen LogP contribution in [0.5, 0.6) is 0 Å². The van der Waals surface area contributed by atoms with Gasteiger partial charge in [0.05, 0.1) is 0 Å². The number of ether oxygens (including phenoxy) is 3. The van der Waals surface area contributed by atoms with E-state index in [0.717, 1.165) is 63.7 Å². The van der Waals surface area contributed by atoms with Gasteiger partial charge in [-0.2, -0.15) is 0 Å². The molecule has 0 saturated carbocycles. The zero-order valence-corrected chi connectivity index (χ0v) is 38.1. The maximum atomic E-state index is 12.7. The topological polar surface area (TPSA) is 78.9 Å². The molecule has 0 bridgehead atoms. The molecular formula is C50H96O6. The molecule has 2 atom stereocenters. The fourth-order valence-electron chi connectivity index (χ4n) is 7.48. The Bertz CT molecular complexity index is 843. The summed E-state index contributed by atoms with van der Waals surface area (Å²) < 4.78 is 16.8. The van der Waals surface area contributed by atoms with Crippen LogP contribution in [-0.4, -0.2) is 37.2 Å². The fourth-order valence-corrected chi connectivity index (χ4v) is 7.48. The van der Waals surface area contributed by atoms with E-state index < -0.39 is 6.10 Å². The van der Waals surface area contributed by atoms with Crippen LogP contribution in [0.1, 0.15) is 278 Å². The van der Waals surface area contributed by atoms with Crippen LogP contribution < -0.4 is 0 Å². The maximum Gasteiger partial charge on any atom is 0.306 e. The van der Waals surface area contributed by atoms with Gasteiger partial charge in [-0.3, -0.25) is 14.4 Å². The molecule has 0 N–H and O–H groups in total. The van der Waals surface area contributed by atoms with Gasteiger partial charge in [-0.25, -0.2) is 0 Å². The summed E-state index contributed by atoms with van der Waals surface area (Å²) in [7, 11) is 0. The van der Waals surface area contributed by atoms with E-state index in [-0.39, 0.29) is 31.1 Å². The molecule has 0 aliphatic rings. The molecule has 6 nitrogen and oxygen atoms in total. The smallest absolute Gasteiger partial charge is 0.306 e. The monoisotopic (exact) mass is 793 g/mol. The van der Waals surface area contributed by atoms with Gasteiger partial charge in [-0.1, -0.05) is 240 Å². The first-order valence-electron chi connectivity index (χ1n) is 24.9. The quantitative estimate of drug-likeness (QED) is 0.0347. The highest BCUT2D eigenvalue weighted by molar-refractivity contribution is 5.71. The van der Waals surface area contributed by atoms with Gasteiger partial charge >= 0.3 is 17.9 Å². The molecular weight excluding hydrogens is 697 g/mol. The van der Waals surface area contributed by atoms with Gasteiger partial charge in [0.25, 0.3) is 0 Å². The normalized spacial score (nSPS) is 12.4. The lowest BCUT2D eigenvalue weighted by atomic mass is 10.00. The molecule has 0 aromatic heterocycles. The van der Waals surface area contributed by atoms with Crippen molar-refractivity contribution in [3.63, 3.8) is 0 Å². The third kappa shape index (κ3) is 42.0. The highest BCUT2D eigenvalue weighted by atomic mass is 16.6. The van der Waals surface area contributed by atoms with Crippen molar-refractivity contribution in [1.82, 2.24) is 0 Å². The van der Waals surface area contributed by atoms with E-state index in [1.807, 2.05) is 0 Å². The maximum absolute atomic E-state index is 12.7. The Labute approximate surface area is 348 Å². The van der Waals surface area contributed by atoms with Crippen LogP contribution in [0.3, 0.4) is 0 Å². The highest BCUT2D eigenvalue weighted by Crippen LogP contribution is 2.17. The van der Waals surface area contributed by atoms with Crippen molar-refractivity contribution in [1.29, 1.82) is 0 Å². The van der Waals surface area contributed by atoms with Crippen LogP contribution in [0.2, 0.25) is 0 Å². The average molecular weight is 793 g/mol. The second kappa shape index (κ2) is 44.5. The molecule has 0 aromatic carbocycles. The Hall–Kier alpha value is -1.59. The molecule has 0 spiro atoms. The van der Waals surface area contributed by atoms with Crippen LogP contribution in [-0.2, 0) is 28.6 Å². The van der Waals surface area contributed by atoms with E-state index in [2.05, 4.69) is 27.7 Å². The van der Waals surface area contributed by atoms with Crippen molar-refractivity contribution < 1.29 is 28.6 Å². The SMILES string of the molecule is CCCCCCCCCCCCCCCCCC(=O)OC[C@@H](COC(=O)CCCCCCCCC(C)CC)OC(=O)CCCCCCCCCCCCCCC. The number of hydrogen-bond donors (Lipinski definition) is 0. The minimum Gasteiger partial charge on any atom is -0.462 e. The van der Waals surface area contributed by atoms with Gasteiger partial charge in [0.2, 0.25) is 0 Å². The van der Waals surface area contributed by atoms with E-state index in [1.54, 1.807) is 0 Å². The standard InChI is InChI=1S/C50H96O6/c1-5-8-10-12-14-16-18-20-21-23-24-26-28-33-37-41-48(51)54-44-47(45-55-49(52)42-38-34-31-30-32-36-40-46(4)7-3)56-50(53)43-39-35-29-27-25-22-19-17-15-13-11-9-6-2/h46-47H,5-45H2,1-4H3/t46?,47-/m0/s1. The van der Waals surface area contributed by atoms with Gasteiger partial charge in [0.15, 0.2) is 6.10 Å². The first-order valence-corrected chi connectivity index (χ1v) is 24.9. The van der Waals surface area contributed by atoms with Crippen molar-refractivity contribution in [3.05, 3.63) is 0 Å². The molecule has 56 heavy (non-hydrogen) atoms. The molecule has 1 unspecified atom stereocenters. The van der Waals surface area contributed by atoms with Gasteiger partial charge in [-0.05, 0) is 25.2 Å². The molecule has 0 aromatic rings. The summed E-state index contributed by atoms with van der Waals surface area (Å²) in [6.07, 6.45) is 45.1. The number of rotatable bonds is 45. The van der Waals surface area contributed by atoms with Crippen LogP contribution >= 0.6 is 0 Å². The van der Waals surface area contributed by atoms with Crippen LogP contribution in [0.4, 0.5) is 0 Å². The lowest BCUT2D eigenvalue weighted by molar-refractivity contribution is -0.167. The average Bonchev–Trinajstić information content (AvgIpc) is 3.19. The Kier molecular flexibility index (Phi) is 43.2. The first kappa shape index (κ1) is 54.4. The fraction of sp³-hybridized carbons (Fsp3) is 0.940. The molecule has 0 fully saturated rings. The highest BCUT2D eigenvalue weighted by Gasteiger charge is 2.19. The van der Waals surface area contributed by atoms with Crippen LogP contribution in [0.25, 0.3) is 0 Å². The third-order valence-electron chi connectivity index (χ3n) is 11.7. The molecule has 0 saturated heterocycles. The van der Waals surface area contributed by atoms with Crippen LogP contribution in [0.15, 0.2) is 0 Å². The summed E-state index contributed by atoms with van der Waals surface area (Å²) in [5.74, 6) is -0.0357. The minimum absolute atomic E-state index is 0.0636. The molecule has 0 rings (SSSR count). The molecule has 0 aliphatic carbocycles. The minimum atomic E-state index is -0.760. The Balaban J connectivity index is 4.30. The van der Waals surface area contributed by atoms with Gasteiger partial charge in [0, 0.05) is 19.3 Å². The van der Waals surface area contributed by atoms with E-state index in [1.165, 1.54) is 173 Å². The van der Waals surface area contributed by atoms with E-state index in [4.69, 9.17) is 14.2 Å². The van der Waals surface area contributed by atoms with E-state index in [0.29, 0.717) is 19.3 Å². The number of unbranched alkanes of at least 4 members (excludes halogenated alkanes) is 31. The number of hydrogen-bond acceptors (Lipinski definition) is 6. The Morgan fingerprint density at radius 3 is 0.929 bits per heavy atom. The third-order valence-corrected chi connectivity index (χ3v) is 11.7. The lowest BCUT2D eigenvalue weighted by Crippen LogP contribution is -2.30. The predicted molar refractivity (Wildman–Crippen MR) is 238 cm³/mol. The predicted octanol–water partition coefficient (Wildman–Crippen LogP) is 15.9. The molecule has 332 valence electrons. The number of carbonyl (C=O) groups is 3. The molecule has 0 aliphatic heterocycles. The van der Waals surface area contributed by atoms with Gasteiger partial charge < -0.3 is 14.2 Å². The first-order chi connectivity index (χ1) is 27.4. The summed E-state index contributed by atoms with van der Waals surface area (Å²) in [6, 6.07) is 0. The molecule has 0 heterocycles. The molecule has 6 heteroatoms. The van der Waals surface area contributed by atoms with Crippen molar-refractivity contribution >= 4 is 17.9 Å². The lowest BCUT2D eigenvalue weighted by Gasteiger charge is -2.18. The van der Waals surface area contributed by atoms with E-state index >= 15 is 0 Å². The second-order valence-corrected chi connectivity index (χ2v) is 17.3. The second-order valence-electron chi connectivity index (χ2n) is 17.3. The number of carbonyl (C=O) groups excluding carboxylic acids is 3. The summed E-state index contributed by atoms with van der Waals surface area (Å²) in [5, 5.41) is 0. The van der Waals surface area contributed by atoms with Crippen molar-refractivity contribution in [2.24, 2.45) is 5.92 Å². The van der Waals surface area contributed by atoms with Crippen molar-refractivity contribution in [3.8, 4) is 0 Å². The largest absolute Gasteiger partial charge is 0.462 e. The summed E-state index contributed by atoms with van der Waals surface area (Å²) in [5.41, 5.74) is 0. The zero-order valence-electron chi connectivity index (χ0n) is 38.1. The molecule has 0 radical (unpaired) electrons. The Morgan fingerprint density at radius 2 is 0.625 bits per heavy atom. The summed E-state index contributed by atoms with van der Waals surface area (Å²) in [6.45, 7) is 8.99. The van der Waals surface area contributed by atoms with Crippen molar-refractivity contribution in [2.75, 3.05) is 13.2 Å². The Morgan fingerprint density at radius 1 is 0.357 bits per heavy atom. The summed E-state index contributed by atoms with van der Waals surface area (Å²) >= 11 is 0.